The summed E-state index contributed by atoms with van der Waals surface area (Å²) in [4.78, 5) is 29.9. The maximum atomic E-state index is 13.1. The van der Waals surface area contributed by atoms with Crippen molar-refractivity contribution in [2.24, 2.45) is 28.6 Å². The summed E-state index contributed by atoms with van der Waals surface area (Å²) < 4.78 is 6.17. The van der Waals surface area contributed by atoms with E-state index >= 15 is 0 Å². The van der Waals surface area contributed by atoms with Crippen molar-refractivity contribution in [1.82, 2.24) is 4.98 Å². The number of aliphatic hydroxyl groups excluding tert-OH is 1. The van der Waals surface area contributed by atoms with Crippen molar-refractivity contribution in [2.45, 2.75) is 83.5 Å². The summed E-state index contributed by atoms with van der Waals surface area (Å²) >= 11 is 0. The van der Waals surface area contributed by atoms with E-state index in [-0.39, 0.29) is 35.1 Å². The fourth-order valence-electron chi connectivity index (χ4n) is 8.06. The molecule has 3 saturated carbocycles. The smallest absolute Gasteiger partial charge is 0.339 e. The first-order valence-electron chi connectivity index (χ1n) is 12.3. The van der Waals surface area contributed by atoms with Gasteiger partial charge in [0.1, 0.15) is 11.9 Å². The molecule has 0 amide bonds. The summed E-state index contributed by atoms with van der Waals surface area (Å²) in [6.07, 6.45) is 9.22. The molecule has 0 saturated heterocycles. The van der Waals surface area contributed by atoms with E-state index in [1.807, 2.05) is 6.92 Å². The number of carbonyl (C=O) groups is 2. The van der Waals surface area contributed by atoms with Gasteiger partial charge in [-0.25, -0.2) is 4.79 Å². The van der Waals surface area contributed by atoms with Crippen molar-refractivity contribution >= 4 is 11.8 Å². The van der Waals surface area contributed by atoms with Crippen molar-refractivity contribution in [3.8, 4) is 0 Å². The lowest BCUT2D eigenvalue weighted by Crippen LogP contribution is -2.66. The van der Waals surface area contributed by atoms with Crippen LogP contribution in [0.1, 0.15) is 76.1 Å². The van der Waals surface area contributed by atoms with E-state index in [0.717, 1.165) is 19.3 Å². The van der Waals surface area contributed by atoms with E-state index in [2.05, 4.69) is 18.0 Å². The average Bonchev–Trinajstić information content (AvgIpc) is 3.08. The van der Waals surface area contributed by atoms with Gasteiger partial charge >= 0.3 is 5.97 Å². The Labute approximate surface area is 195 Å². The molecule has 2 N–H and O–H groups in total. The van der Waals surface area contributed by atoms with Crippen molar-refractivity contribution < 1.29 is 24.5 Å². The molecule has 33 heavy (non-hydrogen) atoms. The summed E-state index contributed by atoms with van der Waals surface area (Å²) in [6, 6.07) is 3.38. The molecule has 1 aromatic heterocycles. The van der Waals surface area contributed by atoms with Gasteiger partial charge in [0.2, 0.25) is 0 Å². The summed E-state index contributed by atoms with van der Waals surface area (Å²) in [7, 11) is 0. The van der Waals surface area contributed by atoms with Crippen LogP contribution in [0.15, 0.2) is 36.2 Å². The zero-order chi connectivity index (χ0) is 23.6. The number of rotatable bonds is 3. The van der Waals surface area contributed by atoms with Crippen molar-refractivity contribution in [3.05, 3.63) is 41.7 Å². The number of esters is 1. The number of nitrogens with zero attached hydrogens (tertiary/aromatic N) is 1. The summed E-state index contributed by atoms with van der Waals surface area (Å²) in [5.74, 6) is -0.625. The zero-order valence-electron chi connectivity index (χ0n) is 19.8. The number of aliphatic hydroxyl groups is 2. The number of hydrogen-bond acceptors (Lipinski definition) is 6. The van der Waals surface area contributed by atoms with E-state index in [1.54, 1.807) is 25.3 Å². The number of fused-ring (bicyclic) bond motifs is 5. The van der Waals surface area contributed by atoms with Gasteiger partial charge in [-0.1, -0.05) is 25.5 Å². The monoisotopic (exact) mass is 453 g/mol. The molecule has 178 valence electrons. The molecule has 0 aromatic carbocycles. The number of ketones is 1. The van der Waals surface area contributed by atoms with Crippen molar-refractivity contribution in [3.63, 3.8) is 0 Å². The molecule has 6 nitrogen and oxygen atoms in total. The van der Waals surface area contributed by atoms with Crippen LogP contribution < -0.4 is 0 Å². The van der Waals surface area contributed by atoms with E-state index in [9.17, 15) is 19.8 Å². The van der Waals surface area contributed by atoms with Gasteiger partial charge in [-0.15, -0.1) is 0 Å². The van der Waals surface area contributed by atoms with E-state index < -0.39 is 23.1 Å². The lowest BCUT2D eigenvalue weighted by atomic mass is 9.45. The van der Waals surface area contributed by atoms with Gasteiger partial charge in [0.15, 0.2) is 0 Å². The second-order valence-electron chi connectivity index (χ2n) is 11.3. The van der Waals surface area contributed by atoms with Crippen LogP contribution in [-0.4, -0.2) is 44.8 Å². The lowest BCUT2D eigenvalue weighted by molar-refractivity contribution is -0.224. The minimum atomic E-state index is -1.09. The number of carbonyl (C=O) groups excluding carboxylic acids is 2. The third-order valence-corrected chi connectivity index (χ3v) is 9.97. The molecule has 0 radical (unpaired) electrons. The summed E-state index contributed by atoms with van der Waals surface area (Å²) in [5, 5.41) is 22.7. The fourth-order valence-corrected chi connectivity index (χ4v) is 8.06. The van der Waals surface area contributed by atoms with E-state index in [1.165, 1.54) is 11.8 Å². The molecule has 0 spiro atoms. The number of aromatic nitrogens is 1. The first-order valence-corrected chi connectivity index (χ1v) is 12.3. The van der Waals surface area contributed by atoms with E-state index in [0.29, 0.717) is 31.2 Å². The van der Waals surface area contributed by atoms with Crippen LogP contribution in [0.2, 0.25) is 0 Å². The first-order chi connectivity index (χ1) is 15.6. The van der Waals surface area contributed by atoms with E-state index in [4.69, 9.17) is 4.74 Å². The highest BCUT2D eigenvalue weighted by molar-refractivity contribution is 5.89. The van der Waals surface area contributed by atoms with Crippen molar-refractivity contribution in [2.75, 3.05) is 0 Å². The molecular formula is C27H35NO5. The molecule has 1 heterocycles. The van der Waals surface area contributed by atoms with Gasteiger partial charge in [-0.3, -0.25) is 9.78 Å². The number of hydrogen-bond donors (Lipinski definition) is 2. The van der Waals surface area contributed by atoms with Crippen LogP contribution in [0.4, 0.5) is 0 Å². The topological polar surface area (TPSA) is 96.7 Å². The number of ether oxygens (including phenoxy) is 1. The summed E-state index contributed by atoms with van der Waals surface area (Å²) in [6.45, 7) is 5.82. The molecule has 3 fully saturated rings. The second kappa shape index (κ2) is 7.74. The van der Waals surface area contributed by atoms with Crippen LogP contribution in [-0.2, 0) is 9.53 Å². The molecule has 6 heteroatoms. The maximum Gasteiger partial charge on any atom is 0.339 e. The Kier molecular flexibility index (Phi) is 5.33. The predicted octanol–water partition coefficient (Wildman–Crippen LogP) is 3.86. The Hall–Kier alpha value is -2.05. The third kappa shape index (κ3) is 3.17. The van der Waals surface area contributed by atoms with Crippen LogP contribution in [0.3, 0.4) is 0 Å². The Morgan fingerprint density at radius 2 is 1.97 bits per heavy atom. The first kappa shape index (κ1) is 22.7. The molecule has 2 unspecified atom stereocenters. The van der Waals surface area contributed by atoms with Crippen LogP contribution in [0.25, 0.3) is 0 Å². The third-order valence-electron chi connectivity index (χ3n) is 9.97. The molecule has 0 bridgehead atoms. The molecule has 8 atom stereocenters. The Morgan fingerprint density at radius 3 is 2.67 bits per heavy atom. The standard InChI is InChI=1S/C27H35NO5/c1-16(29)20-9-11-27(32)21-7-6-18-13-19(30)8-10-25(18,2)22(21)14-23(26(20,27)3)33-24(31)17-5-4-12-28-15-17/h4-6,12,15,19-23,30,32H,7-11,13-14H2,1-3H3/t19-,20+,21?,22?,23+,25-,26-,27-/m0/s1. The molecule has 4 aliphatic carbocycles. The van der Waals surface area contributed by atoms with Gasteiger partial charge in [0.05, 0.1) is 17.3 Å². The van der Waals surface area contributed by atoms with Gasteiger partial charge < -0.3 is 14.9 Å². The zero-order valence-corrected chi connectivity index (χ0v) is 19.8. The quantitative estimate of drug-likeness (QED) is 0.533. The second-order valence-corrected chi connectivity index (χ2v) is 11.3. The van der Waals surface area contributed by atoms with Crippen LogP contribution in [0.5, 0.6) is 0 Å². The minimum Gasteiger partial charge on any atom is -0.458 e. The maximum absolute atomic E-state index is 13.1. The Bertz CT molecular complexity index is 991. The molecular weight excluding hydrogens is 418 g/mol. The van der Waals surface area contributed by atoms with Gasteiger partial charge in [-0.2, -0.15) is 0 Å². The largest absolute Gasteiger partial charge is 0.458 e. The normalized spacial score (nSPS) is 44.2. The predicted molar refractivity (Wildman–Crippen MR) is 122 cm³/mol. The minimum absolute atomic E-state index is 0.00388. The van der Waals surface area contributed by atoms with Crippen LogP contribution in [0, 0.1) is 28.6 Å². The number of Topliss-reactive ketones (excluding diaryl/α,β-unsaturated/α-hetero) is 1. The fraction of sp³-hybridized carbons (Fsp3) is 0.667. The highest BCUT2D eigenvalue weighted by Gasteiger charge is 2.71. The Balaban J connectivity index is 1.57. The van der Waals surface area contributed by atoms with Gasteiger partial charge in [0, 0.05) is 23.7 Å². The highest BCUT2D eigenvalue weighted by Crippen LogP contribution is 2.68. The Morgan fingerprint density at radius 1 is 1.18 bits per heavy atom. The molecule has 1 aromatic rings. The molecule has 0 aliphatic heterocycles. The summed E-state index contributed by atoms with van der Waals surface area (Å²) in [5.41, 5.74) is -0.429. The number of pyridine rings is 1. The molecule has 5 rings (SSSR count). The van der Waals surface area contributed by atoms with Crippen molar-refractivity contribution in [1.29, 1.82) is 0 Å². The van der Waals surface area contributed by atoms with Crippen LogP contribution >= 0.6 is 0 Å². The lowest BCUT2D eigenvalue weighted by Gasteiger charge is -2.62. The SMILES string of the molecule is CC(=O)[C@H]1CC[C@]2(O)C3CC=C4C[C@@H](O)CC[C@]4(C)C3C[C@@H](OC(=O)c3cccnc3)[C@]12C. The number of allylic oxidation sites excluding steroid dienone is 1. The average molecular weight is 454 g/mol. The molecule has 4 aliphatic rings. The van der Waals surface area contributed by atoms with Gasteiger partial charge in [0.25, 0.3) is 0 Å². The van der Waals surface area contributed by atoms with Gasteiger partial charge in [-0.05, 0) is 81.3 Å². The highest BCUT2D eigenvalue weighted by atomic mass is 16.5.